The van der Waals surface area contributed by atoms with Gasteiger partial charge in [0.2, 0.25) is 5.78 Å². The van der Waals surface area contributed by atoms with Crippen molar-refractivity contribution < 1.29 is 19.2 Å². The molecule has 0 radical (unpaired) electrons. The molecule has 1 aromatic carbocycles. The number of aromatic nitrogens is 1. The molecule has 0 unspecified atom stereocenters. The van der Waals surface area contributed by atoms with Gasteiger partial charge in [0.05, 0.1) is 18.3 Å². The molecule has 6 heteroatoms. The Bertz CT molecular complexity index is 772. The predicted octanol–water partition coefficient (Wildman–Crippen LogP) is 2.22. The number of methoxy groups -OCH3 is 1. The number of Topliss-reactive ketones (excluding diaryl/α,β-unsaturated/α-hetero) is 1. The maximum atomic E-state index is 11.8. The Labute approximate surface area is 127 Å². The first-order chi connectivity index (χ1) is 10.6. The standard InChI is InChI=1S/C16H16N2O4/c1-11(17-22-3)13-5-4-12-6-7-18(14(12)8-13)15(10-21-2)16(20)9-19/h4-10H,1-3H3/b15-10-,17-11+. The van der Waals surface area contributed by atoms with E-state index in [1.807, 2.05) is 31.2 Å². The zero-order chi connectivity index (χ0) is 16.1. The van der Waals surface area contributed by atoms with Gasteiger partial charge >= 0.3 is 0 Å². The number of oxime groups is 1. The van der Waals surface area contributed by atoms with Crippen LogP contribution in [0, 0.1) is 0 Å². The molecule has 0 N–H and O–H groups in total. The number of nitrogens with zero attached hydrogens (tertiary/aromatic N) is 2. The fourth-order valence-electron chi connectivity index (χ4n) is 2.16. The second-order valence-corrected chi connectivity index (χ2v) is 4.54. The number of allylic oxidation sites excluding steroid dienone is 1. The van der Waals surface area contributed by atoms with Crippen LogP contribution in [0.25, 0.3) is 16.6 Å². The number of benzene rings is 1. The van der Waals surface area contributed by atoms with Gasteiger partial charge in [0.25, 0.3) is 0 Å². The van der Waals surface area contributed by atoms with E-state index in [1.165, 1.54) is 20.5 Å². The molecule has 6 nitrogen and oxygen atoms in total. The summed E-state index contributed by atoms with van der Waals surface area (Å²) in [6.07, 6.45) is 3.22. The van der Waals surface area contributed by atoms with Gasteiger partial charge in [-0.05, 0) is 24.4 Å². The molecule has 0 bridgehead atoms. The van der Waals surface area contributed by atoms with Crippen LogP contribution in [0.3, 0.4) is 0 Å². The maximum absolute atomic E-state index is 11.8. The monoisotopic (exact) mass is 300 g/mol. The zero-order valence-electron chi connectivity index (χ0n) is 12.6. The average Bonchev–Trinajstić information content (AvgIpc) is 2.95. The molecule has 0 spiro atoms. The number of hydrogen-bond acceptors (Lipinski definition) is 5. The van der Waals surface area contributed by atoms with Gasteiger partial charge in [-0.1, -0.05) is 17.3 Å². The first kappa shape index (κ1) is 15.5. The second kappa shape index (κ2) is 6.71. The highest BCUT2D eigenvalue weighted by Gasteiger charge is 2.14. The number of aldehydes is 1. The lowest BCUT2D eigenvalue weighted by atomic mass is 10.1. The Kier molecular flexibility index (Phi) is 4.73. The molecule has 22 heavy (non-hydrogen) atoms. The van der Waals surface area contributed by atoms with Crippen LogP contribution in [-0.4, -0.2) is 36.6 Å². The smallest absolute Gasteiger partial charge is 0.245 e. The Morgan fingerprint density at radius 1 is 1.27 bits per heavy atom. The number of carbonyl (C=O) groups excluding carboxylic acids is 2. The van der Waals surface area contributed by atoms with Gasteiger partial charge in [-0.2, -0.15) is 0 Å². The molecular weight excluding hydrogens is 284 g/mol. The third-order valence-electron chi connectivity index (χ3n) is 3.19. The van der Waals surface area contributed by atoms with E-state index in [0.717, 1.165) is 16.5 Å². The van der Waals surface area contributed by atoms with Gasteiger partial charge in [-0.3, -0.25) is 9.59 Å². The molecule has 0 amide bonds. The van der Waals surface area contributed by atoms with E-state index in [0.29, 0.717) is 5.71 Å². The SMILES string of the molecule is CO/C=C(/C(=O)C=O)n1ccc2ccc(/C(C)=N/OC)cc21. The van der Waals surface area contributed by atoms with Crippen molar-refractivity contribution in [3.05, 3.63) is 42.3 Å². The Balaban J connectivity index is 2.62. The van der Waals surface area contributed by atoms with Crippen molar-refractivity contribution in [2.24, 2.45) is 5.16 Å². The topological polar surface area (TPSA) is 69.9 Å². The molecule has 0 saturated heterocycles. The van der Waals surface area contributed by atoms with Crippen molar-refractivity contribution in [2.75, 3.05) is 14.2 Å². The van der Waals surface area contributed by atoms with E-state index in [9.17, 15) is 9.59 Å². The van der Waals surface area contributed by atoms with E-state index in [2.05, 4.69) is 5.16 Å². The molecule has 0 aliphatic carbocycles. The van der Waals surface area contributed by atoms with Crippen molar-refractivity contribution >= 4 is 34.4 Å². The quantitative estimate of drug-likeness (QED) is 0.205. The van der Waals surface area contributed by atoms with E-state index in [1.54, 1.807) is 10.8 Å². The van der Waals surface area contributed by atoms with Crippen LogP contribution >= 0.6 is 0 Å². The van der Waals surface area contributed by atoms with Crippen molar-refractivity contribution in [3.63, 3.8) is 0 Å². The molecule has 1 aromatic heterocycles. The third kappa shape index (κ3) is 2.90. The molecule has 2 aromatic rings. The summed E-state index contributed by atoms with van der Waals surface area (Å²) < 4.78 is 6.52. The van der Waals surface area contributed by atoms with E-state index in [4.69, 9.17) is 9.57 Å². The first-order valence-electron chi connectivity index (χ1n) is 6.54. The summed E-state index contributed by atoms with van der Waals surface area (Å²) in [5.41, 5.74) is 2.47. The fraction of sp³-hybridized carbons (Fsp3) is 0.188. The highest BCUT2D eigenvalue weighted by Crippen LogP contribution is 2.22. The number of carbonyl (C=O) groups is 2. The molecule has 0 saturated carbocycles. The lowest BCUT2D eigenvalue weighted by molar-refractivity contribution is -0.126. The summed E-state index contributed by atoms with van der Waals surface area (Å²) in [6.45, 7) is 1.82. The van der Waals surface area contributed by atoms with Crippen molar-refractivity contribution in [1.82, 2.24) is 4.57 Å². The third-order valence-corrected chi connectivity index (χ3v) is 3.19. The van der Waals surface area contributed by atoms with Gasteiger partial charge in [-0.15, -0.1) is 0 Å². The van der Waals surface area contributed by atoms with Crippen LogP contribution in [-0.2, 0) is 19.2 Å². The van der Waals surface area contributed by atoms with Crippen molar-refractivity contribution in [2.45, 2.75) is 6.92 Å². The average molecular weight is 300 g/mol. The summed E-state index contributed by atoms with van der Waals surface area (Å²) in [6, 6.07) is 7.54. The minimum absolute atomic E-state index is 0.144. The summed E-state index contributed by atoms with van der Waals surface area (Å²) in [5, 5.41) is 4.82. The van der Waals surface area contributed by atoms with Crippen LogP contribution in [0.5, 0.6) is 0 Å². The van der Waals surface area contributed by atoms with E-state index in [-0.39, 0.29) is 12.0 Å². The summed E-state index contributed by atoms with van der Waals surface area (Å²) >= 11 is 0. The molecule has 114 valence electrons. The fourth-order valence-corrected chi connectivity index (χ4v) is 2.16. The predicted molar refractivity (Wildman–Crippen MR) is 83.5 cm³/mol. The zero-order valence-corrected chi connectivity index (χ0v) is 12.6. The van der Waals surface area contributed by atoms with E-state index < -0.39 is 5.78 Å². The lowest BCUT2D eigenvalue weighted by Gasteiger charge is -2.08. The summed E-state index contributed by atoms with van der Waals surface area (Å²) in [7, 11) is 2.90. The molecule has 0 aliphatic rings. The molecule has 0 fully saturated rings. The van der Waals surface area contributed by atoms with Gasteiger partial charge < -0.3 is 14.1 Å². The highest BCUT2D eigenvalue weighted by molar-refractivity contribution is 6.43. The minimum atomic E-state index is -0.660. The Hall–Kier alpha value is -2.89. The van der Waals surface area contributed by atoms with Crippen LogP contribution < -0.4 is 0 Å². The number of hydrogen-bond donors (Lipinski definition) is 0. The van der Waals surface area contributed by atoms with Crippen LogP contribution in [0.15, 0.2) is 41.9 Å². The number of fused-ring (bicyclic) bond motifs is 1. The summed E-state index contributed by atoms with van der Waals surface area (Å²) in [5.74, 6) is -0.660. The molecule has 0 atom stereocenters. The van der Waals surface area contributed by atoms with E-state index >= 15 is 0 Å². The molecular formula is C16H16N2O4. The van der Waals surface area contributed by atoms with Gasteiger partial charge in [0, 0.05) is 11.8 Å². The number of ketones is 1. The second-order valence-electron chi connectivity index (χ2n) is 4.54. The number of rotatable bonds is 6. The summed E-state index contributed by atoms with van der Waals surface area (Å²) in [4.78, 5) is 27.4. The molecule has 0 aliphatic heterocycles. The van der Waals surface area contributed by atoms with Crippen LogP contribution in [0.1, 0.15) is 12.5 Å². The highest BCUT2D eigenvalue weighted by atomic mass is 16.6. The number of ether oxygens (including phenoxy) is 1. The minimum Gasteiger partial charge on any atom is -0.502 e. The van der Waals surface area contributed by atoms with Gasteiger partial charge in [0.15, 0.2) is 6.29 Å². The van der Waals surface area contributed by atoms with Crippen molar-refractivity contribution in [1.29, 1.82) is 0 Å². The van der Waals surface area contributed by atoms with Crippen LogP contribution in [0.2, 0.25) is 0 Å². The van der Waals surface area contributed by atoms with Gasteiger partial charge in [0.1, 0.15) is 19.1 Å². The molecule has 2 rings (SSSR count). The van der Waals surface area contributed by atoms with Crippen LogP contribution in [0.4, 0.5) is 0 Å². The lowest BCUT2D eigenvalue weighted by Crippen LogP contribution is -2.09. The Morgan fingerprint density at radius 3 is 2.68 bits per heavy atom. The normalized spacial score (nSPS) is 12.3. The first-order valence-corrected chi connectivity index (χ1v) is 6.54. The largest absolute Gasteiger partial charge is 0.502 e. The molecule has 1 heterocycles. The van der Waals surface area contributed by atoms with Gasteiger partial charge in [-0.25, -0.2) is 0 Å². The van der Waals surface area contributed by atoms with Crippen molar-refractivity contribution in [3.8, 4) is 0 Å². The Morgan fingerprint density at radius 2 is 2.05 bits per heavy atom. The maximum Gasteiger partial charge on any atom is 0.245 e.